The number of benzene rings is 1. The van der Waals surface area contributed by atoms with Crippen LogP contribution >= 0.6 is 0 Å². The average Bonchev–Trinajstić information content (AvgIpc) is 3.57. The smallest absolute Gasteiger partial charge is 0.332 e. The van der Waals surface area contributed by atoms with Gasteiger partial charge in [0.25, 0.3) is 5.56 Å². The molecule has 5 rings (SSSR count). The Morgan fingerprint density at radius 3 is 2.44 bits per heavy atom. The van der Waals surface area contributed by atoms with Crippen molar-refractivity contribution < 1.29 is 13.6 Å². The Hall–Kier alpha value is -4.29. The number of aromatic nitrogens is 6. The van der Waals surface area contributed by atoms with Gasteiger partial charge >= 0.3 is 5.69 Å². The van der Waals surface area contributed by atoms with E-state index in [1.807, 2.05) is 13.8 Å². The lowest BCUT2D eigenvalue weighted by molar-refractivity contribution is -0.132. The van der Waals surface area contributed by atoms with Gasteiger partial charge in [-0.05, 0) is 25.0 Å². The highest BCUT2D eigenvalue weighted by atomic mass is 19.1. The van der Waals surface area contributed by atoms with E-state index in [0.717, 1.165) is 6.07 Å². The van der Waals surface area contributed by atoms with Gasteiger partial charge in [-0.1, -0.05) is 13.8 Å². The van der Waals surface area contributed by atoms with E-state index in [9.17, 15) is 23.2 Å². The number of halogens is 2. The molecule has 1 fully saturated rings. The summed E-state index contributed by atoms with van der Waals surface area (Å²) in [5, 5.41) is 4.29. The van der Waals surface area contributed by atoms with Gasteiger partial charge < -0.3 is 14.8 Å². The Bertz CT molecular complexity index is 1630. The summed E-state index contributed by atoms with van der Waals surface area (Å²) in [6, 6.07) is 3.48. The van der Waals surface area contributed by atoms with Crippen molar-refractivity contribution in [3.8, 4) is 11.4 Å². The molecule has 1 amide bonds. The van der Waals surface area contributed by atoms with Crippen LogP contribution in [0.4, 0.5) is 14.5 Å². The van der Waals surface area contributed by atoms with E-state index < -0.39 is 17.2 Å². The molecule has 1 aliphatic rings. The number of imidazole rings is 1. The third-order valence-electron chi connectivity index (χ3n) is 6.84. The van der Waals surface area contributed by atoms with Crippen LogP contribution in [0.2, 0.25) is 0 Å². The number of amides is 1. The van der Waals surface area contributed by atoms with Crippen molar-refractivity contribution in [3.05, 3.63) is 63.1 Å². The van der Waals surface area contributed by atoms with Gasteiger partial charge in [0, 0.05) is 51.5 Å². The van der Waals surface area contributed by atoms with Crippen molar-refractivity contribution in [2.24, 2.45) is 0 Å². The first-order valence-corrected chi connectivity index (χ1v) is 13.0. The fourth-order valence-corrected chi connectivity index (χ4v) is 4.89. The SMILES string of the molecule is CCCn1c(=O)c2[nH]c(-c3cnn(CC(=O)N4CCN(c5ccc(F)cc5F)CC4)c3)nc2n(CCC)c1=O. The molecule has 4 heterocycles. The van der Waals surface area contributed by atoms with Crippen LogP contribution < -0.4 is 16.1 Å². The third-order valence-corrected chi connectivity index (χ3v) is 6.84. The van der Waals surface area contributed by atoms with Gasteiger partial charge in [-0.2, -0.15) is 5.10 Å². The van der Waals surface area contributed by atoms with Crippen molar-refractivity contribution >= 4 is 22.8 Å². The highest BCUT2D eigenvalue weighted by molar-refractivity contribution is 5.77. The largest absolute Gasteiger partial charge is 0.366 e. The van der Waals surface area contributed by atoms with Crippen LogP contribution in [0.25, 0.3) is 22.6 Å². The molecule has 1 aliphatic heterocycles. The molecule has 11 nitrogen and oxygen atoms in total. The second-order valence-corrected chi connectivity index (χ2v) is 9.57. The predicted octanol–water partition coefficient (Wildman–Crippen LogP) is 2.20. The van der Waals surface area contributed by atoms with Crippen LogP contribution in [0.15, 0.2) is 40.2 Å². The number of hydrogen-bond donors (Lipinski definition) is 1. The number of aryl methyl sites for hydroxylation is 1. The molecule has 3 aromatic heterocycles. The maximum absolute atomic E-state index is 14.1. The second kappa shape index (κ2) is 10.8. The molecule has 206 valence electrons. The van der Waals surface area contributed by atoms with Crippen molar-refractivity contribution in [1.29, 1.82) is 0 Å². The van der Waals surface area contributed by atoms with E-state index in [2.05, 4.69) is 15.1 Å². The highest BCUT2D eigenvalue weighted by Crippen LogP contribution is 2.22. The third kappa shape index (κ3) is 5.08. The molecular weight excluding hydrogens is 510 g/mol. The summed E-state index contributed by atoms with van der Waals surface area (Å²) in [5.74, 6) is -1.02. The first-order chi connectivity index (χ1) is 18.8. The molecule has 0 bridgehead atoms. The maximum Gasteiger partial charge on any atom is 0.332 e. The van der Waals surface area contributed by atoms with Gasteiger partial charge in [0.1, 0.15) is 29.5 Å². The first kappa shape index (κ1) is 26.3. The normalized spacial score (nSPS) is 13.9. The molecule has 0 radical (unpaired) electrons. The Morgan fingerprint density at radius 2 is 1.74 bits per heavy atom. The number of rotatable bonds is 8. The lowest BCUT2D eigenvalue weighted by Gasteiger charge is -2.36. The molecule has 0 aliphatic carbocycles. The molecular formula is C26H30F2N8O3. The van der Waals surface area contributed by atoms with E-state index in [4.69, 9.17) is 0 Å². The monoisotopic (exact) mass is 540 g/mol. The Labute approximate surface area is 222 Å². The minimum atomic E-state index is -0.629. The van der Waals surface area contributed by atoms with Crippen molar-refractivity contribution in [3.63, 3.8) is 0 Å². The van der Waals surface area contributed by atoms with E-state index >= 15 is 0 Å². The van der Waals surface area contributed by atoms with Crippen molar-refractivity contribution in [2.75, 3.05) is 31.1 Å². The van der Waals surface area contributed by atoms with Gasteiger partial charge in [0.05, 0.1) is 17.4 Å². The molecule has 1 N–H and O–H groups in total. The molecule has 4 aromatic rings. The van der Waals surface area contributed by atoms with Gasteiger partial charge in [-0.15, -0.1) is 0 Å². The average molecular weight is 541 g/mol. The topological polar surface area (TPSA) is 114 Å². The summed E-state index contributed by atoms with van der Waals surface area (Å²) in [6.07, 6.45) is 4.56. The number of carbonyl (C=O) groups excluding carboxylic acids is 1. The minimum absolute atomic E-state index is 0.00497. The zero-order chi connectivity index (χ0) is 27.7. The number of fused-ring (bicyclic) bond motifs is 1. The van der Waals surface area contributed by atoms with Crippen molar-refractivity contribution in [2.45, 2.75) is 46.3 Å². The van der Waals surface area contributed by atoms with Gasteiger partial charge in [-0.3, -0.25) is 23.4 Å². The zero-order valence-corrected chi connectivity index (χ0v) is 21.9. The molecule has 0 saturated carbocycles. The summed E-state index contributed by atoms with van der Waals surface area (Å²) in [4.78, 5) is 49.9. The maximum atomic E-state index is 14.1. The predicted molar refractivity (Wildman–Crippen MR) is 142 cm³/mol. The van der Waals surface area contributed by atoms with Crippen LogP contribution in [0.5, 0.6) is 0 Å². The number of carbonyl (C=O) groups is 1. The molecule has 0 atom stereocenters. The Morgan fingerprint density at radius 1 is 1.03 bits per heavy atom. The number of nitrogens with zero attached hydrogens (tertiary/aromatic N) is 7. The van der Waals surface area contributed by atoms with Gasteiger partial charge in [-0.25, -0.2) is 18.6 Å². The lowest BCUT2D eigenvalue weighted by atomic mass is 10.2. The van der Waals surface area contributed by atoms with Crippen LogP contribution in [0.3, 0.4) is 0 Å². The molecule has 1 saturated heterocycles. The number of hydrogen-bond acceptors (Lipinski definition) is 6. The van der Waals surface area contributed by atoms with Crippen LogP contribution in [-0.4, -0.2) is 65.9 Å². The molecule has 1 aromatic carbocycles. The van der Waals surface area contributed by atoms with E-state index in [1.165, 1.54) is 25.9 Å². The Balaban J connectivity index is 1.30. The molecule has 0 unspecified atom stereocenters. The summed E-state index contributed by atoms with van der Waals surface area (Å²) in [5.41, 5.74) is 0.659. The second-order valence-electron chi connectivity index (χ2n) is 9.57. The van der Waals surface area contributed by atoms with E-state index in [-0.39, 0.29) is 23.7 Å². The summed E-state index contributed by atoms with van der Waals surface area (Å²) < 4.78 is 31.6. The first-order valence-electron chi connectivity index (χ1n) is 13.0. The van der Waals surface area contributed by atoms with Crippen LogP contribution in [0.1, 0.15) is 26.7 Å². The van der Waals surface area contributed by atoms with Crippen LogP contribution in [0, 0.1) is 11.6 Å². The van der Waals surface area contributed by atoms with Gasteiger partial charge in [0.2, 0.25) is 5.91 Å². The fourth-order valence-electron chi connectivity index (χ4n) is 4.89. The summed E-state index contributed by atoms with van der Waals surface area (Å²) in [7, 11) is 0. The highest BCUT2D eigenvalue weighted by Gasteiger charge is 2.24. The lowest BCUT2D eigenvalue weighted by Crippen LogP contribution is -2.49. The van der Waals surface area contributed by atoms with E-state index in [1.54, 1.807) is 22.2 Å². The van der Waals surface area contributed by atoms with Crippen molar-refractivity contribution in [1.82, 2.24) is 33.8 Å². The number of H-pyrrole nitrogens is 1. The molecule has 13 heteroatoms. The number of piperazine rings is 1. The molecule has 0 spiro atoms. The number of anilines is 1. The number of nitrogens with one attached hydrogen (secondary N) is 1. The van der Waals surface area contributed by atoms with Crippen LogP contribution in [-0.2, 0) is 24.4 Å². The molecule has 39 heavy (non-hydrogen) atoms. The zero-order valence-electron chi connectivity index (χ0n) is 21.9. The van der Waals surface area contributed by atoms with Gasteiger partial charge in [0.15, 0.2) is 5.65 Å². The standard InChI is InChI=1S/C26H30F2N8O3/c1-3-7-35-24-22(25(38)36(8-4-2)26(35)39)30-23(31-24)17-14-29-34(15-17)16-21(37)33-11-9-32(10-12-33)20-6-5-18(27)13-19(20)28/h5-6,13-15H,3-4,7-12,16H2,1-2H3,(H,30,31). The summed E-state index contributed by atoms with van der Waals surface area (Å²) >= 11 is 0. The number of aromatic amines is 1. The fraction of sp³-hybridized carbons (Fsp3) is 0.423. The van der Waals surface area contributed by atoms with E-state index in [0.29, 0.717) is 74.8 Å². The summed E-state index contributed by atoms with van der Waals surface area (Å²) in [6.45, 7) is 6.23. The Kier molecular flexibility index (Phi) is 7.31. The quantitative estimate of drug-likeness (QED) is 0.367. The minimum Gasteiger partial charge on any atom is -0.366 e.